The number of anilines is 1. The fourth-order valence-corrected chi connectivity index (χ4v) is 2.45. The molecule has 0 aliphatic rings. The van der Waals surface area contributed by atoms with Gasteiger partial charge in [-0.1, -0.05) is 12.1 Å². The highest BCUT2D eigenvalue weighted by Gasteiger charge is 2.07. The Hall–Kier alpha value is -2.89. The van der Waals surface area contributed by atoms with E-state index in [4.69, 9.17) is 4.74 Å². The van der Waals surface area contributed by atoms with Crippen LogP contribution in [0.4, 0.5) is 14.5 Å². The van der Waals surface area contributed by atoms with Gasteiger partial charge < -0.3 is 10.1 Å². The third-order valence-electron chi connectivity index (χ3n) is 3.63. The Balaban J connectivity index is 1.55. The molecule has 0 aliphatic carbocycles. The van der Waals surface area contributed by atoms with Gasteiger partial charge >= 0.3 is 0 Å². The SMILES string of the molecule is C[C@H](COc1ccc(F)c(F)c1)Nc1cccc(Cn2cccn2)c1. The van der Waals surface area contributed by atoms with Crippen LogP contribution in [0.15, 0.2) is 60.9 Å². The highest BCUT2D eigenvalue weighted by Crippen LogP contribution is 2.17. The molecule has 4 nitrogen and oxygen atoms in total. The number of aromatic nitrogens is 2. The van der Waals surface area contributed by atoms with Gasteiger partial charge in [0.1, 0.15) is 12.4 Å². The quantitative estimate of drug-likeness (QED) is 0.702. The molecule has 0 amide bonds. The lowest BCUT2D eigenvalue weighted by atomic mass is 10.2. The van der Waals surface area contributed by atoms with E-state index in [1.165, 1.54) is 6.07 Å². The van der Waals surface area contributed by atoms with E-state index in [0.29, 0.717) is 18.9 Å². The van der Waals surface area contributed by atoms with Crippen molar-refractivity contribution in [2.45, 2.75) is 19.5 Å². The molecule has 0 saturated carbocycles. The number of hydrogen-bond donors (Lipinski definition) is 1. The Morgan fingerprint density at radius 3 is 2.76 bits per heavy atom. The van der Waals surface area contributed by atoms with Gasteiger partial charge in [-0.05, 0) is 42.8 Å². The first-order valence-electron chi connectivity index (χ1n) is 8.01. The summed E-state index contributed by atoms with van der Waals surface area (Å²) in [4.78, 5) is 0. The average Bonchev–Trinajstić information content (AvgIpc) is 3.09. The van der Waals surface area contributed by atoms with Gasteiger partial charge in [0, 0.05) is 24.1 Å². The standard InChI is InChI=1S/C19H19F2N3O/c1-14(13-25-17-6-7-18(20)19(21)11-17)23-16-5-2-4-15(10-16)12-24-9-3-8-22-24/h2-11,14,23H,12-13H2,1H3/t14-/m1/s1. The molecule has 1 heterocycles. The number of nitrogens with zero attached hydrogens (tertiary/aromatic N) is 2. The van der Waals surface area contributed by atoms with Crippen molar-refractivity contribution >= 4 is 5.69 Å². The first kappa shape index (κ1) is 17.0. The molecule has 6 heteroatoms. The number of rotatable bonds is 7. The molecule has 1 aromatic heterocycles. The molecule has 130 valence electrons. The number of halogens is 2. The molecule has 0 bridgehead atoms. The molecular formula is C19H19F2N3O. The summed E-state index contributed by atoms with van der Waals surface area (Å²) in [5.41, 5.74) is 2.09. The summed E-state index contributed by atoms with van der Waals surface area (Å²) in [6.45, 7) is 2.98. The van der Waals surface area contributed by atoms with Gasteiger partial charge in [0.25, 0.3) is 0 Å². The van der Waals surface area contributed by atoms with Crippen molar-refractivity contribution in [3.05, 3.63) is 78.1 Å². The number of ether oxygens (including phenoxy) is 1. The second-order valence-corrected chi connectivity index (χ2v) is 5.84. The van der Waals surface area contributed by atoms with Crippen molar-refractivity contribution in [2.24, 2.45) is 0 Å². The topological polar surface area (TPSA) is 39.1 Å². The average molecular weight is 343 g/mol. The summed E-state index contributed by atoms with van der Waals surface area (Å²) >= 11 is 0. The number of benzene rings is 2. The van der Waals surface area contributed by atoms with Crippen LogP contribution in [0.5, 0.6) is 5.75 Å². The van der Waals surface area contributed by atoms with Gasteiger partial charge in [-0.3, -0.25) is 4.68 Å². The van der Waals surface area contributed by atoms with Gasteiger partial charge in [0.05, 0.1) is 12.6 Å². The summed E-state index contributed by atoms with van der Waals surface area (Å²) in [7, 11) is 0. The lowest BCUT2D eigenvalue weighted by Gasteiger charge is -2.17. The fourth-order valence-electron chi connectivity index (χ4n) is 2.45. The fraction of sp³-hybridized carbons (Fsp3) is 0.211. The van der Waals surface area contributed by atoms with E-state index < -0.39 is 11.6 Å². The van der Waals surface area contributed by atoms with Crippen LogP contribution in [-0.2, 0) is 6.54 Å². The molecular weight excluding hydrogens is 324 g/mol. The minimum atomic E-state index is -0.913. The summed E-state index contributed by atoms with van der Waals surface area (Å²) in [5.74, 6) is -1.49. The minimum Gasteiger partial charge on any atom is -0.491 e. The molecule has 3 aromatic rings. The molecule has 0 aliphatic heterocycles. The zero-order valence-corrected chi connectivity index (χ0v) is 13.8. The molecule has 1 atom stereocenters. The van der Waals surface area contributed by atoms with Crippen molar-refractivity contribution < 1.29 is 13.5 Å². The van der Waals surface area contributed by atoms with Crippen LogP contribution in [-0.4, -0.2) is 22.4 Å². The van der Waals surface area contributed by atoms with Crippen LogP contribution in [0.2, 0.25) is 0 Å². The van der Waals surface area contributed by atoms with Gasteiger partial charge in [0.15, 0.2) is 11.6 Å². The van der Waals surface area contributed by atoms with Crippen LogP contribution in [0.1, 0.15) is 12.5 Å². The van der Waals surface area contributed by atoms with E-state index in [1.807, 2.05) is 42.1 Å². The zero-order chi connectivity index (χ0) is 17.6. The van der Waals surface area contributed by atoms with Gasteiger partial charge in [-0.15, -0.1) is 0 Å². The van der Waals surface area contributed by atoms with Crippen molar-refractivity contribution in [1.29, 1.82) is 0 Å². The maximum absolute atomic E-state index is 13.2. The summed E-state index contributed by atoms with van der Waals surface area (Å²) in [5, 5.41) is 7.53. The van der Waals surface area contributed by atoms with Crippen LogP contribution in [0, 0.1) is 11.6 Å². The zero-order valence-electron chi connectivity index (χ0n) is 13.8. The predicted octanol–water partition coefficient (Wildman–Crippen LogP) is 4.09. The maximum Gasteiger partial charge on any atom is 0.162 e. The van der Waals surface area contributed by atoms with Crippen molar-refractivity contribution in [2.75, 3.05) is 11.9 Å². The molecule has 0 fully saturated rings. The summed E-state index contributed by atoms with van der Waals surface area (Å²) in [6, 6.07) is 13.4. The lowest BCUT2D eigenvalue weighted by molar-refractivity contribution is 0.301. The van der Waals surface area contributed by atoms with E-state index in [9.17, 15) is 8.78 Å². The first-order chi connectivity index (χ1) is 12.1. The Morgan fingerprint density at radius 1 is 1.12 bits per heavy atom. The molecule has 0 spiro atoms. The normalized spacial score (nSPS) is 12.0. The molecule has 0 saturated heterocycles. The highest BCUT2D eigenvalue weighted by atomic mass is 19.2. The van der Waals surface area contributed by atoms with E-state index >= 15 is 0 Å². The minimum absolute atomic E-state index is 0.00642. The van der Waals surface area contributed by atoms with Crippen LogP contribution in [0.25, 0.3) is 0 Å². The smallest absolute Gasteiger partial charge is 0.162 e. The lowest BCUT2D eigenvalue weighted by Crippen LogP contribution is -2.23. The van der Waals surface area contributed by atoms with Crippen molar-refractivity contribution in [1.82, 2.24) is 9.78 Å². The van der Waals surface area contributed by atoms with E-state index in [2.05, 4.69) is 16.5 Å². The van der Waals surface area contributed by atoms with Gasteiger partial charge in [-0.25, -0.2) is 8.78 Å². The Morgan fingerprint density at radius 2 is 2.00 bits per heavy atom. The summed E-state index contributed by atoms with van der Waals surface area (Å²) < 4.78 is 33.4. The third kappa shape index (κ3) is 4.79. The first-order valence-corrected chi connectivity index (χ1v) is 8.01. The Kier molecular flexibility index (Phi) is 5.28. The van der Waals surface area contributed by atoms with Gasteiger partial charge in [0.2, 0.25) is 0 Å². The van der Waals surface area contributed by atoms with Crippen LogP contribution < -0.4 is 10.1 Å². The monoisotopic (exact) mass is 343 g/mol. The maximum atomic E-state index is 13.2. The number of hydrogen-bond acceptors (Lipinski definition) is 3. The molecule has 1 N–H and O–H groups in total. The predicted molar refractivity (Wildman–Crippen MR) is 92.7 cm³/mol. The van der Waals surface area contributed by atoms with E-state index in [-0.39, 0.29) is 6.04 Å². The van der Waals surface area contributed by atoms with Crippen LogP contribution in [0.3, 0.4) is 0 Å². The molecule has 2 aromatic carbocycles. The molecule has 0 unspecified atom stereocenters. The van der Waals surface area contributed by atoms with Crippen molar-refractivity contribution in [3.63, 3.8) is 0 Å². The second kappa shape index (κ2) is 7.79. The van der Waals surface area contributed by atoms with E-state index in [0.717, 1.165) is 23.4 Å². The van der Waals surface area contributed by atoms with Gasteiger partial charge in [-0.2, -0.15) is 5.10 Å². The van der Waals surface area contributed by atoms with Crippen molar-refractivity contribution in [3.8, 4) is 5.75 Å². The molecule has 3 rings (SSSR count). The largest absolute Gasteiger partial charge is 0.491 e. The Labute approximate surface area is 145 Å². The molecule has 0 radical (unpaired) electrons. The third-order valence-corrected chi connectivity index (χ3v) is 3.63. The van der Waals surface area contributed by atoms with Crippen LogP contribution >= 0.6 is 0 Å². The second-order valence-electron chi connectivity index (χ2n) is 5.84. The summed E-state index contributed by atoms with van der Waals surface area (Å²) in [6.07, 6.45) is 3.66. The highest BCUT2D eigenvalue weighted by molar-refractivity contribution is 5.46. The molecule has 25 heavy (non-hydrogen) atoms. The van der Waals surface area contributed by atoms with E-state index in [1.54, 1.807) is 6.20 Å². The Bertz CT molecular complexity index is 821. The number of nitrogens with one attached hydrogen (secondary N) is 1.